The van der Waals surface area contributed by atoms with E-state index in [1.807, 2.05) is 55.5 Å². The van der Waals surface area contributed by atoms with E-state index in [1.165, 1.54) is 11.1 Å². The van der Waals surface area contributed by atoms with Crippen LogP contribution in [0.3, 0.4) is 0 Å². The molecule has 4 heteroatoms. The second-order valence-corrected chi connectivity index (χ2v) is 5.58. The molecule has 0 atom stereocenters. The normalized spacial score (nSPS) is 10.6. The third-order valence-corrected chi connectivity index (χ3v) is 3.97. The minimum atomic E-state index is -0.199. The maximum absolute atomic E-state index is 12.5. The molecule has 0 aliphatic rings. The van der Waals surface area contributed by atoms with Gasteiger partial charge in [0.15, 0.2) is 11.5 Å². The first-order valence-electron chi connectivity index (χ1n) is 7.43. The number of hydrogen-bond donors (Lipinski definition) is 0. The van der Waals surface area contributed by atoms with Gasteiger partial charge in [0.2, 0.25) is 0 Å². The number of anilines is 1. The molecule has 1 amide bonds. The van der Waals surface area contributed by atoms with Crippen LogP contribution in [0.25, 0.3) is 11.3 Å². The maximum atomic E-state index is 12.5. The number of carbonyl (C=O) groups excluding carboxylic acids is 1. The standard InChI is InChI=1S/C19H18N2O2/c1-13-9-10-15(11-14(13)2)18-12-17(20-23-18)19(22)21(3)16-7-5-4-6-8-16/h4-12H,1-3H3. The molecule has 0 bridgehead atoms. The predicted octanol–water partition coefficient (Wildman–Crippen LogP) is 4.24. The minimum Gasteiger partial charge on any atom is -0.355 e. The molecule has 1 aromatic heterocycles. The van der Waals surface area contributed by atoms with E-state index in [9.17, 15) is 4.79 Å². The van der Waals surface area contributed by atoms with Crippen molar-refractivity contribution in [3.05, 3.63) is 71.4 Å². The molecule has 3 rings (SSSR count). The zero-order chi connectivity index (χ0) is 16.4. The lowest BCUT2D eigenvalue weighted by atomic mass is 10.0. The zero-order valence-electron chi connectivity index (χ0n) is 13.4. The fraction of sp³-hybridized carbons (Fsp3) is 0.158. The van der Waals surface area contributed by atoms with E-state index >= 15 is 0 Å². The number of aryl methyl sites for hydroxylation is 2. The number of hydrogen-bond acceptors (Lipinski definition) is 3. The van der Waals surface area contributed by atoms with Gasteiger partial charge in [0.05, 0.1) is 0 Å². The molecule has 116 valence electrons. The van der Waals surface area contributed by atoms with E-state index < -0.39 is 0 Å². The van der Waals surface area contributed by atoms with Gasteiger partial charge in [-0.2, -0.15) is 0 Å². The average Bonchev–Trinajstić information content (AvgIpc) is 3.07. The van der Waals surface area contributed by atoms with Crippen LogP contribution in [0, 0.1) is 13.8 Å². The number of amides is 1. The van der Waals surface area contributed by atoms with Crippen LogP contribution in [0.1, 0.15) is 21.6 Å². The van der Waals surface area contributed by atoms with Crippen molar-refractivity contribution in [2.75, 3.05) is 11.9 Å². The van der Waals surface area contributed by atoms with Crippen molar-refractivity contribution >= 4 is 11.6 Å². The zero-order valence-corrected chi connectivity index (χ0v) is 13.4. The summed E-state index contributed by atoms with van der Waals surface area (Å²) in [7, 11) is 1.72. The van der Waals surface area contributed by atoms with Crippen LogP contribution in [-0.4, -0.2) is 18.1 Å². The van der Waals surface area contributed by atoms with Crippen molar-refractivity contribution < 1.29 is 9.32 Å². The molecule has 1 heterocycles. The van der Waals surface area contributed by atoms with Gasteiger partial charge < -0.3 is 9.42 Å². The summed E-state index contributed by atoms with van der Waals surface area (Å²) in [6.45, 7) is 4.10. The van der Waals surface area contributed by atoms with Gasteiger partial charge in [-0.25, -0.2) is 0 Å². The first kappa shape index (κ1) is 15.0. The van der Waals surface area contributed by atoms with Crippen molar-refractivity contribution in [1.82, 2.24) is 5.16 Å². The summed E-state index contributed by atoms with van der Waals surface area (Å²) in [4.78, 5) is 14.1. The molecular formula is C19H18N2O2. The van der Waals surface area contributed by atoms with E-state index in [0.29, 0.717) is 11.5 Å². The molecule has 3 aromatic rings. The lowest BCUT2D eigenvalue weighted by Crippen LogP contribution is -2.26. The first-order chi connectivity index (χ1) is 11.1. The summed E-state index contributed by atoms with van der Waals surface area (Å²) < 4.78 is 5.36. The van der Waals surface area contributed by atoms with Crippen molar-refractivity contribution in [1.29, 1.82) is 0 Å². The van der Waals surface area contributed by atoms with Gasteiger partial charge in [0.25, 0.3) is 5.91 Å². The first-order valence-corrected chi connectivity index (χ1v) is 7.43. The molecule has 0 saturated carbocycles. The second kappa shape index (κ2) is 6.08. The summed E-state index contributed by atoms with van der Waals surface area (Å²) in [6, 6.07) is 17.2. The number of rotatable bonds is 3. The van der Waals surface area contributed by atoms with Gasteiger partial charge in [-0.05, 0) is 43.2 Å². The van der Waals surface area contributed by atoms with E-state index in [-0.39, 0.29) is 5.91 Å². The molecular weight excluding hydrogens is 288 g/mol. The molecule has 0 saturated heterocycles. The monoisotopic (exact) mass is 306 g/mol. The highest BCUT2D eigenvalue weighted by Gasteiger charge is 2.18. The smallest absolute Gasteiger partial charge is 0.280 e. The van der Waals surface area contributed by atoms with Crippen molar-refractivity contribution in [3.8, 4) is 11.3 Å². The molecule has 0 fully saturated rings. The molecule has 2 aromatic carbocycles. The molecule has 0 aliphatic heterocycles. The third-order valence-electron chi connectivity index (χ3n) is 3.97. The summed E-state index contributed by atoms with van der Waals surface area (Å²) in [5.41, 5.74) is 4.42. The molecule has 0 aliphatic carbocycles. The highest BCUT2D eigenvalue weighted by molar-refractivity contribution is 6.04. The minimum absolute atomic E-state index is 0.199. The van der Waals surface area contributed by atoms with Crippen LogP contribution in [0.2, 0.25) is 0 Å². The Balaban J connectivity index is 1.86. The van der Waals surface area contributed by atoms with Gasteiger partial charge in [-0.1, -0.05) is 35.5 Å². The van der Waals surface area contributed by atoms with E-state index in [1.54, 1.807) is 18.0 Å². The Bertz CT molecular complexity index is 838. The van der Waals surface area contributed by atoms with E-state index in [0.717, 1.165) is 11.3 Å². The average molecular weight is 306 g/mol. The Morgan fingerprint density at radius 2 is 1.74 bits per heavy atom. The summed E-state index contributed by atoms with van der Waals surface area (Å²) >= 11 is 0. The molecule has 0 unspecified atom stereocenters. The van der Waals surface area contributed by atoms with Gasteiger partial charge in [0, 0.05) is 24.4 Å². The van der Waals surface area contributed by atoms with Gasteiger partial charge >= 0.3 is 0 Å². The maximum Gasteiger partial charge on any atom is 0.280 e. The SMILES string of the molecule is Cc1ccc(-c2cc(C(=O)N(C)c3ccccc3)no2)cc1C. The second-order valence-electron chi connectivity index (χ2n) is 5.58. The van der Waals surface area contributed by atoms with Crippen LogP contribution in [0.5, 0.6) is 0 Å². The highest BCUT2D eigenvalue weighted by Crippen LogP contribution is 2.24. The third kappa shape index (κ3) is 3.01. The lowest BCUT2D eigenvalue weighted by molar-refractivity contribution is 0.0984. The molecule has 23 heavy (non-hydrogen) atoms. The van der Waals surface area contributed by atoms with Crippen molar-refractivity contribution in [2.45, 2.75) is 13.8 Å². The Morgan fingerprint density at radius 1 is 1.00 bits per heavy atom. The summed E-state index contributed by atoms with van der Waals surface area (Å²) in [5.74, 6) is 0.396. The number of benzene rings is 2. The molecule has 0 spiro atoms. The largest absolute Gasteiger partial charge is 0.355 e. The number of nitrogens with zero attached hydrogens (tertiary/aromatic N) is 2. The van der Waals surface area contributed by atoms with Crippen LogP contribution in [0.4, 0.5) is 5.69 Å². The highest BCUT2D eigenvalue weighted by atomic mass is 16.5. The lowest BCUT2D eigenvalue weighted by Gasteiger charge is -2.15. The molecule has 0 radical (unpaired) electrons. The Hall–Kier alpha value is -2.88. The van der Waals surface area contributed by atoms with Crippen LogP contribution in [0.15, 0.2) is 59.1 Å². The Kier molecular flexibility index (Phi) is 3.98. The predicted molar refractivity (Wildman–Crippen MR) is 90.6 cm³/mol. The fourth-order valence-corrected chi connectivity index (χ4v) is 2.35. The van der Waals surface area contributed by atoms with Gasteiger partial charge in [0.1, 0.15) is 0 Å². The quantitative estimate of drug-likeness (QED) is 0.727. The van der Waals surface area contributed by atoms with Crippen LogP contribution in [-0.2, 0) is 0 Å². The molecule has 4 nitrogen and oxygen atoms in total. The van der Waals surface area contributed by atoms with E-state index in [2.05, 4.69) is 12.1 Å². The van der Waals surface area contributed by atoms with Gasteiger partial charge in [-0.15, -0.1) is 0 Å². The number of carbonyl (C=O) groups is 1. The van der Waals surface area contributed by atoms with Crippen molar-refractivity contribution in [2.24, 2.45) is 0 Å². The number of aromatic nitrogens is 1. The summed E-state index contributed by atoms with van der Waals surface area (Å²) in [5, 5.41) is 3.92. The topological polar surface area (TPSA) is 46.3 Å². The van der Waals surface area contributed by atoms with E-state index in [4.69, 9.17) is 4.52 Å². The van der Waals surface area contributed by atoms with Crippen LogP contribution >= 0.6 is 0 Å². The van der Waals surface area contributed by atoms with Crippen LogP contribution < -0.4 is 4.90 Å². The fourth-order valence-electron chi connectivity index (χ4n) is 2.35. The van der Waals surface area contributed by atoms with Gasteiger partial charge in [-0.3, -0.25) is 4.79 Å². The summed E-state index contributed by atoms with van der Waals surface area (Å²) in [6.07, 6.45) is 0. The Labute approximate surface area is 135 Å². The molecule has 0 N–H and O–H groups in total. The number of para-hydroxylation sites is 1. The Morgan fingerprint density at radius 3 is 2.43 bits per heavy atom. The van der Waals surface area contributed by atoms with Crippen molar-refractivity contribution in [3.63, 3.8) is 0 Å².